The summed E-state index contributed by atoms with van der Waals surface area (Å²) in [6.07, 6.45) is 1.62. The number of ether oxygens (including phenoxy) is 1. The Morgan fingerprint density at radius 1 is 1.22 bits per heavy atom. The van der Waals surface area contributed by atoms with Gasteiger partial charge in [0.2, 0.25) is 0 Å². The lowest BCUT2D eigenvalue weighted by Gasteiger charge is -2.11. The van der Waals surface area contributed by atoms with Crippen molar-refractivity contribution in [1.82, 2.24) is 0 Å². The van der Waals surface area contributed by atoms with E-state index in [2.05, 4.69) is 6.92 Å². The Kier molecular flexibility index (Phi) is 8.76. The van der Waals surface area contributed by atoms with Crippen molar-refractivity contribution >= 4 is 9.76 Å². The van der Waals surface area contributed by atoms with Gasteiger partial charge in [0.25, 0.3) is 0 Å². The van der Waals surface area contributed by atoms with E-state index in [0.29, 0.717) is 13.2 Å². The van der Waals surface area contributed by atoms with Crippen molar-refractivity contribution in [2.75, 3.05) is 19.8 Å². The molecule has 0 spiro atoms. The molecule has 0 aliphatic carbocycles. The van der Waals surface area contributed by atoms with Gasteiger partial charge in [0, 0.05) is 13.2 Å². The molecule has 0 fully saturated rings. The summed E-state index contributed by atoms with van der Waals surface area (Å²) in [6, 6.07) is 10.9. The van der Waals surface area contributed by atoms with Gasteiger partial charge in [0.15, 0.2) is 9.76 Å². The molecular formula is C14H24O3Si. The molecule has 0 radical (unpaired) electrons. The lowest BCUT2D eigenvalue weighted by Crippen LogP contribution is -2.09. The molecule has 4 heteroatoms. The fraction of sp³-hybridized carbons (Fsp3) is 0.571. The van der Waals surface area contributed by atoms with Gasteiger partial charge >= 0.3 is 0 Å². The van der Waals surface area contributed by atoms with Gasteiger partial charge in [-0.1, -0.05) is 43.7 Å². The number of aliphatic hydroxyl groups excluding tert-OH is 1. The molecule has 0 saturated heterocycles. The summed E-state index contributed by atoms with van der Waals surface area (Å²) < 4.78 is 11.0. The summed E-state index contributed by atoms with van der Waals surface area (Å²) in [5, 5.41) is 9.84. The molecule has 1 atom stereocenters. The number of benzene rings is 1. The summed E-state index contributed by atoms with van der Waals surface area (Å²) in [6.45, 7) is 4.00. The first-order valence-electron chi connectivity index (χ1n) is 6.73. The molecule has 1 unspecified atom stereocenters. The Labute approximate surface area is 112 Å². The molecule has 0 aliphatic rings. The van der Waals surface area contributed by atoms with E-state index in [1.165, 1.54) is 12.5 Å². The van der Waals surface area contributed by atoms with Crippen molar-refractivity contribution in [2.45, 2.75) is 31.9 Å². The smallest absolute Gasteiger partial charge is 0.161 e. The normalized spacial score (nSPS) is 13.2. The minimum absolute atomic E-state index is 0.285. The highest BCUT2D eigenvalue weighted by atomic mass is 28.2. The highest BCUT2D eigenvalue weighted by Gasteiger charge is 2.05. The van der Waals surface area contributed by atoms with E-state index in [0.717, 1.165) is 18.6 Å². The Hall–Kier alpha value is -0.683. The number of hydrogen-bond acceptors (Lipinski definition) is 3. The monoisotopic (exact) mass is 268 g/mol. The predicted octanol–water partition coefficient (Wildman–Crippen LogP) is 2.06. The van der Waals surface area contributed by atoms with Crippen LogP contribution in [0.2, 0.25) is 6.04 Å². The largest absolute Gasteiger partial charge is 0.424 e. The molecule has 0 bridgehead atoms. The molecule has 1 aromatic rings. The summed E-state index contributed by atoms with van der Waals surface area (Å²) in [7, 11) is -0.285. The zero-order valence-corrected chi connectivity index (χ0v) is 12.6. The van der Waals surface area contributed by atoms with Crippen molar-refractivity contribution in [2.24, 2.45) is 0 Å². The highest BCUT2D eigenvalue weighted by molar-refractivity contribution is 6.26. The highest BCUT2D eigenvalue weighted by Crippen LogP contribution is 2.11. The van der Waals surface area contributed by atoms with Crippen molar-refractivity contribution in [3.8, 4) is 0 Å². The Bertz CT molecular complexity index is 292. The van der Waals surface area contributed by atoms with Crippen LogP contribution in [-0.2, 0) is 9.16 Å². The second kappa shape index (κ2) is 10.3. The Balaban J connectivity index is 1.98. The molecule has 1 aromatic carbocycles. The molecule has 0 aromatic heterocycles. The maximum absolute atomic E-state index is 9.84. The van der Waals surface area contributed by atoms with Crippen molar-refractivity contribution in [3.63, 3.8) is 0 Å². The van der Waals surface area contributed by atoms with Crippen LogP contribution in [0.1, 0.15) is 31.4 Å². The van der Waals surface area contributed by atoms with Crippen LogP contribution in [0.3, 0.4) is 0 Å². The van der Waals surface area contributed by atoms with E-state index >= 15 is 0 Å². The van der Waals surface area contributed by atoms with Crippen LogP contribution in [0.4, 0.5) is 0 Å². The van der Waals surface area contributed by atoms with Gasteiger partial charge < -0.3 is 14.3 Å². The minimum Gasteiger partial charge on any atom is -0.424 e. The third kappa shape index (κ3) is 6.91. The van der Waals surface area contributed by atoms with E-state index in [4.69, 9.17) is 9.16 Å². The first-order valence-corrected chi connectivity index (χ1v) is 8.30. The van der Waals surface area contributed by atoms with Crippen LogP contribution in [0.25, 0.3) is 0 Å². The van der Waals surface area contributed by atoms with Gasteiger partial charge in [-0.25, -0.2) is 0 Å². The average molecular weight is 268 g/mol. The van der Waals surface area contributed by atoms with Crippen molar-refractivity contribution < 1.29 is 14.3 Å². The summed E-state index contributed by atoms with van der Waals surface area (Å²) in [5.41, 5.74) is 0.907. The Morgan fingerprint density at radius 2 is 2.00 bits per heavy atom. The molecule has 0 amide bonds. The fourth-order valence-electron chi connectivity index (χ4n) is 1.58. The van der Waals surface area contributed by atoms with Crippen LogP contribution in [0, 0.1) is 0 Å². The van der Waals surface area contributed by atoms with E-state index in [9.17, 15) is 5.11 Å². The predicted molar refractivity (Wildman–Crippen MR) is 76.4 cm³/mol. The van der Waals surface area contributed by atoms with Crippen LogP contribution in [-0.4, -0.2) is 34.7 Å². The van der Waals surface area contributed by atoms with Crippen LogP contribution in [0.15, 0.2) is 30.3 Å². The lowest BCUT2D eigenvalue weighted by atomic mass is 10.1. The summed E-state index contributed by atoms with van der Waals surface area (Å²) >= 11 is 0. The van der Waals surface area contributed by atoms with Crippen LogP contribution < -0.4 is 0 Å². The maximum Gasteiger partial charge on any atom is 0.161 e. The molecule has 18 heavy (non-hydrogen) atoms. The quantitative estimate of drug-likeness (QED) is 0.521. The van der Waals surface area contributed by atoms with E-state index in [1.54, 1.807) is 0 Å². The SMILES string of the molecule is CCC[SiH2]OCCCOCC(O)c1ccccc1. The van der Waals surface area contributed by atoms with E-state index < -0.39 is 6.10 Å². The first kappa shape index (κ1) is 15.4. The second-order valence-corrected chi connectivity index (χ2v) is 5.84. The third-order valence-corrected chi connectivity index (χ3v) is 4.25. The van der Waals surface area contributed by atoms with Gasteiger partial charge in [0.1, 0.15) is 6.10 Å². The van der Waals surface area contributed by atoms with Gasteiger partial charge in [-0.15, -0.1) is 0 Å². The van der Waals surface area contributed by atoms with E-state index in [1.807, 2.05) is 30.3 Å². The fourth-order valence-corrected chi connectivity index (χ4v) is 2.48. The molecule has 1 rings (SSSR count). The standard InChI is InChI=1S/C14H24O3Si/c1-2-11-18-17-10-6-9-16-12-14(15)13-7-4-3-5-8-13/h3-5,7-8,14-15H,2,6,9-12,18H2,1H3. The molecule has 3 nitrogen and oxygen atoms in total. The zero-order chi connectivity index (χ0) is 13.1. The molecule has 1 N–H and O–H groups in total. The number of rotatable bonds is 10. The van der Waals surface area contributed by atoms with Crippen molar-refractivity contribution in [1.29, 1.82) is 0 Å². The second-order valence-electron chi connectivity index (χ2n) is 4.32. The van der Waals surface area contributed by atoms with Gasteiger partial charge in [-0.2, -0.15) is 0 Å². The third-order valence-electron chi connectivity index (χ3n) is 2.68. The Morgan fingerprint density at radius 3 is 2.72 bits per heavy atom. The van der Waals surface area contributed by atoms with E-state index in [-0.39, 0.29) is 9.76 Å². The first-order chi connectivity index (χ1) is 8.84. The number of hydrogen-bond donors (Lipinski definition) is 1. The van der Waals surface area contributed by atoms with Crippen molar-refractivity contribution in [3.05, 3.63) is 35.9 Å². The van der Waals surface area contributed by atoms with Gasteiger partial charge in [-0.05, 0) is 18.0 Å². The zero-order valence-electron chi connectivity index (χ0n) is 11.2. The summed E-state index contributed by atoms with van der Waals surface area (Å²) in [4.78, 5) is 0. The topological polar surface area (TPSA) is 38.7 Å². The molecule has 102 valence electrons. The maximum atomic E-state index is 9.84. The molecule has 0 aliphatic heterocycles. The molecule has 0 saturated carbocycles. The van der Waals surface area contributed by atoms with Crippen LogP contribution >= 0.6 is 0 Å². The minimum atomic E-state index is -0.526. The molecular weight excluding hydrogens is 244 g/mol. The average Bonchev–Trinajstić information content (AvgIpc) is 2.42. The number of aliphatic hydroxyl groups is 1. The molecule has 0 heterocycles. The van der Waals surface area contributed by atoms with Gasteiger partial charge in [-0.3, -0.25) is 0 Å². The van der Waals surface area contributed by atoms with Gasteiger partial charge in [0.05, 0.1) is 6.61 Å². The lowest BCUT2D eigenvalue weighted by molar-refractivity contribution is 0.0316. The summed E-state index contributed by atoms with van der Waals surface area (Å²) in [5.74, 6) is 0. The van der Waals surface area contributed by atoms with Crippen LogP contribution in [0.5, 0.6) is 0 Å².